The van der Waals surface area contributed by atoms with E-state index in [2.05, 4.69) is 30.4 Å². The van der Waals surface area contributed by atoms with Crippen LogP contribution in [0.25, 0.3) is 0 Å². The quantitative estimate of drug-likeness (QED) is 0.672. The fourth-order valence-corrected chi connectivity index (χ4v) is 1.77. The molecule has 1 heterocycles. The molecule has 0 saturated carbocycles. The van der Waals surface area contributed by atoms with Crippen LogP contribution in [0.1, 0.15) is 23.0 Å². The number of halogens is 4. The summed E-state index contributed by atoms with van der Waals surface area (Å²) in [6, 6.07) is 0. The second kappa shape index (κ2) is 6.09. The molecule has 0 spiro atoms. The first kappa shape index (κ1) is 15.5. The van der Waals surface area contributed by atoms with Crippen molar-refractivity contribution in [3.8, 4) is 11.5 Å². The molecule has 0 bridgehead atoms. The zero-order valence-electron chi connectivity index (χ0n) is 9.62. The maximum absolute atomic E-state index is 12.2. The van der Waals surface area contributed by atoms with Crippen molar-refractivity contribution in [1.29, 1.82) is 0 Å². The van der Waals surface area contributed by atoms with Crippen molar-refractivity contribution in [1.82, 2.24) is 4.98 Å². The number of aromatic hydroxyl groups is 1. The van der Waals surface area contributed by atoms with Gasteiger partial charge in [-0.25, -0.2) is 9.78 Å². The second-order valence-corrected chi connectivity index (χ2v) is 3.76. The molecule has 0 aliphatic heterocycles. The molecule has 1 aromatic heterocycles. The van der Waals surface area contributed by atoms with Gasteiger partial charge in [0.2, 0.25) is 0 Å². The summed E-state index contributed by atoms with van der Waals surface area (Å²) in [6.07, 6.45) is -4.30. The molecule has 9 heteroatoms. The maximum Gasteiger partial charge on any atom is 0.573 e. The molecule has 1 N–H and O–H groups in total. The first-order chi connectivity index (χ1) is 8.80. The Kier molecular flexibility index (Phi) is 4.98. The molecule has 0 aliphatic rings. The minimum absolute atomic E-state index is 0.0403. The molecule has 0 aromatic carbocycles. The Morgan fingerprint density at radius 2 is 2.16 bits per heavy atom. The summed E-state index contributed by atoms with van der Waals surface area (Å²) in [4.78, 5) is 15.1. The van der Waals surface area contributed by atoms with E-state index in [9.17, 15) is 23.1 Å². The smallest absolute Gasteiger partial charge is 0.503 e. The number of alkyl halides is 4. The van der Waals surface area contributed by atoms with Crippen LogP contribution in [-0.4, -0.2) is 29.0 Å². The largest absolute Gasteiger partial charge is 0.573 e. The van der Waals surface area contributed by atoms with E-state index >= 15 is 0 Å². The van der Waals surface area contributed by atoms with Crippen LogP contribution < -0.4 is 4.74 Å². The summed E-state index contributed by atoms with van der Waals surface area (Å²) in [5.74, 6) is -2.59. The van der Waals surface area contributed by atoms with Crippen LogP contribution in [0.2, 0.25) is 0 Å². The van der Waals surface area contributed by atoms with E-state index in [0.29, 0.717) is 6.20 Å². The van der Waals surface area contributed by atoms with Gasteiger partial charge in [0.1, 0.15) is 0 Å². The van der Waals surface area contributed by atoms with Gasteiger partial charge in [-0.1, -0.05) is 15.9 Å². The van der Waals surface area contributed by atoms with Crippen LogP contribution in [0, 0.1) is 0 Å². The summed E-state index contributed by atoms with van der Waals surface area (Å²) in [5.41, 5.74) is -0.591. The van der Waals surface area contributed by atoms with Crippen molar-refractivity contribution in [2.45, 2.75) is 18.6 Å². The first-order valence-electron chi connectivity index (χ1n) is 4.99. The molecule has 19 heavy (non-hydrogen) atoms. The molecule has 0 unspecified atom stereocenters. The summed E-state index contributed by atoms with van der Waals surface area (Å²) in [6.45, 7) is 1.58. The van der Waals surface area contributed by atoms with Gasteiger partial charge in [-0.15, -0.1) is 13.2 Å². The van der Waals surface area contributed by atoms with Gasteiger partial charge < -0.3 is 14.6 Å². The lowest BCUT2D eigenvalue weighted by Crippen LogP contribution is -2.20. The highest BCUT2D eigenvalue weighted by Crippen LogP contribution is 2.36. The third kappa shape index (κ3) is 3.98. The minimum atomic E-state index is -5.00. The Labute approximate surface area is 114 Å². The van der Waals surface area contributed by atoms with Crippen molar-refractivity contribution >= 4 is 21.9 Å². The van der Waals surface area contributed by atoms with Gasteiger partial charge in [-0.2, -0.15) is 0 Å². The Balaban J connectivity index is 3.29. The van der Waals surface area contributed by atoms with E-state index in [1.54, 1.807) is 6.92 Å². The lowest BCUT2D eigenvalue weighted by Gasteiger charge is -2.15. The van der Waals surface area contributed by atoms with Crippen LogP contribution in [0.3, 0.4) is 0 Å². The fourth-order valence-electron chi connectivity index (χ4n) is 1.25. The lowest BCUT2D eigenvalue weighted by atomic mass is 10.2. The van der Waals surface area contributed by atoms with Gasteiger partial charge >= 0.3 is 12.3 Å². The summed E-state index contributed by atoms with van der Waals surface area (Å²) in [7, 11) is 0. The number of carbonyl (C=O) groups excluding carboxylic acids is 1. The first-order valence-corrected chi connectivity index (χ1v) is 6.12. The molecule has 5 nitrogen and oxygen atoms in total. The van der Waals surface area contributed by atoms with E-state index < -0.39 is 23.8 Å². The fraction of sp³-hybridized carbons (Fsp3) is 0.400. The van der Waals surface area contributed by atoms with Crippen LogP contribution >= 0.6 is 15.9 Å². The van der Waals surface area contributed by atoms with E-state index in [-0.39, 0.29) is 23.2 Å². The number of ether oxygens (including phenoxy) is 2. The van der Waals surface area contributed by atoms with E-state index in [1.807, 2.05) is 0 Å². The number of carbonyl (C=O) groups is 1. The van der Waals surface area contributed by atoms with Crippen LogP contribution in [-0.2, 0) is 10.1 Å². The highest BCUT2D eigenvalue weighted by molar-refractivity contribution is 9.08. The molecule has 0 saturated heterocycles. The molecule has 0 amide bonds. The molecule has 0 atom stereocenters. The predicted octanol–water partition coefficient (Wildman–Crippen LogP) is 2.76. The summed E-state index contributed by atoms with van der Waals surface area (Å²) < 4.78 is 45.1. The topological polar surface area (TPSA) is 68.7 Å². The maximum atomic E-state index is 12.2. The zero-order chi connectivity index (χ0) is 14.6. The number of nitrogens with zero attached hydrogens (tertiary/aromatic N) is 1. The Bertz CT molecular complexity index is 479. The molecule has 1 aromatic rings. The number of pyridine rings is 1. The minimum Gasteiger partial charge on any atom is -0.503 e. The number of hydrogen-bond donors (Lipinski definition) is 1. The van der Waals surface area contributed by atoms with E-state index in [0.717, 1.165) is 0 Å². The molecule has 0 aliphatic carbocycles. The molecule has 106 valence electrons. The monoisotopic (exact) mass is 343 g/mol. The normalized spacial score (nSPS) is 11.2. The van der Waals surface area contributed by atoms with Crippen LogP contribution in [0.15, 0.2) is 6.20 Å². The average molecular weight is 344 g/mol. The van der Waals surface area contributed by atoms with Crippen molar-refractivity contribution in [3.63, 3.8) is 0 Å². The number of hydrogen-bond acceptors (Lipinski definition) is 5. The number of esters is 1. The van der Waals surface area contributed by atoms with Crippen molar-refractivity contribution in [2.75, 3.05) is 6.61 Å². The summed E-state index contributed by atoms with van der Waals surface area (Å²) >= 11 is 2.91. The third-order valence-electron chi connectivity index (χ3n) is 1.93. The SMILES string of the molecule is CCOC(=O)c1ncc(O)c(OC(F)(F)F)c1CBr. The van der Waals surface area contributed by atoms with Gasteiger partial charge in [-0.3, -0.25) is 0 Å². The third-order valence-corrected chi connectivity index (χ3v) is 2.49. The summed E-state index contributed by atoms with van der Waals surface area (Å²) in [5, 5.41) is 9.19. The van der Waals surface area contributed by atoms with E-state index in [4.69, 9.17) is 0 Å². The van der Waals surface area contributed by atoms with Crippen molar-refractivity contribution in [3.05, 3.63) is 17.5 Å². The predicted molar refractivity (Wildman–Crippen MR) is 61.2 cm³/mol. The van der Waals surface area contributed by atoms with Crippen LogP contribution in [0.4, 0.5) is 13.2 Å². The highest BCUT2D eigenvalue weighted by atomic mass is 79.9. The lowest BCUT2D eigenvalue weighted by molar-refractivity contribution is -0.275. The van der Waals surface area contributed by atoms with Crippen molar-refractivity contribution in [2.24, 2.45) is 0 Å². The van der Waals surface area contributed by atoms with E-state index in [1.165, 1.54) is 0 Å². The van der Waals surface area contributed by atoms with Gasteiger partial charge in [-0.05, 0) is 6.92 Å². The second-order valence-electron chi connectivity index (χ2n) is 3.20. The zero-order valence-corrected chi connectivity index (χ0v) is 11.2. The van der Waals surface area contributed by atoms with Crippen LogP contribution in [0.5, 0.6) is 11.5 Å². The number of aromatic nitrogens is 1. The highest BCUT2D eigenvalue weighted by Gasteiger charge is 2.35. The Hall–Kier alpha value is -1.51. The standard InChI is InChI=1S/C10H9BrF3NO4/c1-2-18-9(17)7-5(3-11)8(6(16)4-15-7)19-10(12,13)14/h4,16H,2-3H2,1H3. The van der Waals surface area contributed by atoms with Gasteiger partial charge in [0, 0.05) is 10.9 Å². The molecular formula is C10H9BrF3NO4. The van der Waals surface area contributed by atoms with Gasteiger partial charge in [0.05, 0.1) is 12.8 Å². The molecule has 0 fully saturated rings. The Morgan fingerprint density at radius 3 is 2.63 bits per heavy atom. The average Bonchev–Trinajstić information content (AvgIpc) is 2.30. The van der Waals surface area contributed by atoms with Crippen molar-refractivity contribution < 1.29 is 32.5 Å². The number of rotatable bonds is 4. The molecule has 1 rings (SSSR count). The molecule has 0 radical (unpaired) electrons. The molecular weight excluding hydrogens is 335 g/mol. The Morgan fingerprint density at radius 1 is 1.53 bits per heavy atom. The van der Waals surface area contributed by atoms with Gasteiger partial charge in [0.15, 0.2) is 17.2 Å². The van der Waals surface area contributed by atoms with Gasteiger partial charge in [0.25, 0.3) is 0 Å².